The number of para-hydroxylation sites is 1. The van der Waals surface area contributed by atoms with E-state index in [4.69, 9.17) is 15.9 Å². The minimum Gasteiger partial charge on any atom is -0.493 e. The van der Waals surface area contributed by atoms with E-state index >= 15 is 0 Å². The predicted octanol–water partition coefficient (Wildman–Crippen LogP) is 2.51. The van der Waals surface area contributed by atoms with Gasteiger partial charge in [-0.25, -0.2) is 4.98 Å². The highest BCUT2D eigenvalue weighted by Crippen LogP contribution is 2.30. The van der Waals surface area contributed by atoms with Crippen molar-refractivity contribution in [1.82, 2.24) is 15.6 Å². The number of hydrogen-bond acceptors (Lipinski definition) is 6. The van der Waals surface area contributed by atoms with Crippen molar-refractivity contribution in [2.45, 2.75) is 32.4 Å². The van der Waals surface area contributed by atoms with E-state index in [0.29, 0.717) is 41.5 Å². The molecular formula is C20H23N3O4S. The smallest absolute Gasteiger partial charge is 0.271 e. The summed E-state index contributed by atoms with van der Waals surface area (Å²) < 4.78 is 10.6. The average molecular weight is 401 g/mol. The molecule has 0 saturated heterocycles. The lowest BCUT2D eigenvalue weighted by Crippen LogP contribution is -2.24. The van der Waals surface area contributed by atoms with Gasteiger partial charge in [0, 0.05) is 30.3 Å². The quantitative estimate of drug-likeness (QED) is 0.472. The highest BCUT2D eigenvalue weighted by atomic mass is 32.1. The van der Waals surface area contributed by atoms with Gasteiger partial charge in [-0.15, -0.1) is 23.7 Å². The molecule has 0 saturated carbocycles. The normalized spacial score (nSPS) is 10.0. The Labute approximate surface area is 168 Å². The molecule has 8 heteroatoms. The van der Waals surface area contributed by atoms with Crippen LogP contribution in [0.4, 0.5) is 0 Å². The Bertz CT molecular complexity index is 857. The number of aromatic nitrogens is 1. The molecule has 0 aliphatic rings. The number of unbranched alkanes of at least 4 members (excludes halogenated alkanes) is 1. The van der Waals surface area contributed by atoms with E-state index < -0.39 is 0 Å². The van der Waals surface area contributed by atoms with E-state index in [1.807, 2.05) is 12.1 Å². The summed E-state index contributed by atoms with van der Waals surface area (Å²) in [6.07, 6.45) is 6.77. The first-order valence-electron chi connectivity index (χ1n) is 8.71. The average Bonchev–Trinajstić information content (AvgIpc) is 3.19. The second-order valence-corrected chi connectivity index (χ2v) is 6.74. The summed E-state index contributed by atoms with van der Waals surface area (Å²) in [6.45, 7) is 0.564. The first-order valence-corrected chi connectivity index (χ1v) is 9.59. The molecule has 0 aliphatic heterocycles. The number of thiazole rings is 1. The molecular weight excluding hydrogens is 378 g/mol. The molecule has 0 unspecified atom stereocenters. The fraction of sp³-hybridized carbons (Fsp3) is 0.350. The Morgan fingerprint density at radius 1 is 1.21 bits per heavy atom. The van der Waals surface area contributed by atoms with Crippen molar-refractivity contribution in [3.8, 4) is 23.8 Å². The summed E-state index contributed by atoms with van der Waals surface area (Å²) in [5, 5.41) is 7.92. The summed E-state index contributed by atoms with van der Waals surface area (Å²) in [5.74, 6) is 3.30. The molecule has 2 N–H and O–H groups in total. The standard InChI is InChI=1S/C20H23N3O4S/c1-4-5-6-10-17(24)21-12-18-23-15(13-28-18)20(25)22-11-14-8-7-9-16(26-2)19(14)27-3/h1,7-9,13H,5-6,10-12H2,2-3H3,(H,21,24)(H,22,25). The van der Waals surface area contributed by atoms with Gasteiger partial charge in [-0.2, -0.15) is 0 Å². The fourth-order valence-electron chi connectivity index (χ4n) is 2.47. The summed E-state index contributed by atoms with van der Waals surface area (Å²) >= 11 is 1.32. The SMILES string of the molecule is C#CCCCC(=O)NCc1nc(C(=O)NCc2cccc(OC)c2OC)cs1. The molecule has 2 aromatic rings. The van der Waals surface area contributed by atoms with E-state index in [1.165, 1.54) is 11.3 Å². The van der Waals surface area contributed by atoms with Crippen molar-refractivity contribution in [3.05, 3.63) is 39.8 Å². The number of rotatable bonds is 10. The molecule has 0 spiro atoms. The van der Waals surface area contributed by atoms with Crippen LogP contribution in [0.15, 0.2) is 23.6 Å². The first-order chi connectivity index (χ1) is 13.6. The van der Waals surface area contributed by atoms with Crippen molar-refractivity contribution in [2.24, 2.45) is 0 Å². The van der Waals surface area contributed by atoms with Crippen molar-refractivity contribution >= 4 is 23.2 Å². The number of terminal acetylenes is 1. The van der Waals surface area contributed by atoms with Gasteiger partial charge in [-0.05, 0) is 12.5 Å². The van der Waals surface area contributed by atoms with Crippen LogP contribution in [-0.2, 0) is 17.9 Å². The van der Waals surface area contributed by atoms with Gasteiger partial charge in [0.1, 0.15) is 10.7 Å². The number of nitrogens with one attached hydrogen (secondary N) is 2. The number of benzene rings is 1. The molecule has 0 radical (unpaired) electrons. The molecule has 2 amide bonds. The Morgan fingerprint density at radius 3 is 2.75 bits per heavy atom. The molecule has 0 fully saturated rings. The van der Waals surface area contributed by atoms with Gasteiger partial charge in [0.15, 0.2) is 11.5 Å². The summed E-state index contributed by atoms with van der Waals surface area (Å²) in [5.41, 5.74) is 1.10. The van der Waals surface area contributed by atoms with E-state index in [-0.39, 0.29) is 24.9 Å². The molecule has 148 valence electrons. The Kier molecular flexibility index (Phi) is 8.31. The number of amides is 2. The van der Waals surface area contributed by atoms with Gasteiger partial charge in [-0.1, -0.05) is 12.1 Å². The fourth-order valence-corrected chi connectivity index (χ4v) is 3.18. The van der Waals surface area contributed by atoms with Crippen LogP contribution in [0.1, 0.15) is 40.3 Å². The molecule has 0 aliphatic carbocycles. The van der Waals surface area contributed by atoms with Gasteiger partial charge in [0.05, 0.1) is 20.8 Å². The largest absolute Gasteiger partial charge is 0.493 e. The number of hydrogen-bond donors (Lipinski definition) is 2. The first kappa shape index (κ1) is 21.3. The summed E-state index contributed by atoms with van der Waals surface area (Å²) in [4.78, 5) is 28.3. The van der Waals surface area contributed by atoms with Crippen LogP contribution in [-0.4, -0.2) is 31.0 Å². The van der Waals surface area contributed by atoms with Crippen LogP contribution >= 0.6 is 11.3 Å². The van der Waals surface area contributed by atoms with E-state index in [1.54, 1.807) is 25.7 Å². The van der Waals surface area contributed by atoms with Crippen molar-refractivity contribution in [3.63, 3.8) is 0 Å². The molecule has 1 heterocycles. The maximum atomic E-state index is 12.4. The summed E-state index contributed by atoms with van der Waals surface area (Å²) in [7, 11) is 3.11. The van der Waals surface area contributed by atoms with Crippen LogP contribution in [0.5, 0.6) is 11.5 Å². The highest BCUT2D eigenvalue weighted by molar-refractivity contribution is 7.09. The number of ether oxygens (including phenoxy) is 2. The highest BCUT2D eigenvalue weighted by Gasteiger charge is 2.14. The number of carbonyl (C=O) groups excluding carboxylic acids is 2. The Morgan fingerprint density at radius 2 is 2.04 bits per heavy atom. The zero-order chi connectivity index (χ0) is 20.4. The molecule has 0 bridgehead atoms. The molecule has 1 aromatic heterocycles. The third-order valence-corrected chi connectivity index (χ3v) is 4.72. The van der Waals surface area contributed by atoms with Crippen LogP contribution in [0, 0.1) is 12.3 Å². The molecule has 28 heavy (non-hydrogen) atoms. The van der Waals surface area contributed by atoms with E-state index in [9.17, 15) is 9.59 Å². The lowest BCUT2D eigenvalue weighted by Gasteiger charge is -2.12. The number of methoxy groups -OCH3 is 2. The van der Waals surface area contributed by atoms with Crippen molar-refractivity contribution in [2.75, 3.05) is 14.2 Å². The van der Waals surface area contributed by atoms with Gasteiger partial charge >= 0.3 is 0 Å². The lowest BCUT2D eigenvalue weighted by molar-refractivity contribution is -0.121. The maximum absolute atomic E-state index is 12.4. The van der Waals surface area contributed by atoms with Gasteiger partial charge < -0.3 is 20.1 Å². The number of carbonyl (C=O) groups is 2. The third-order valence-electron chi connectivity index (χ3n) is 3.87. The van der Waals surface area contributed by atoms with Crippen LogP contribution in [0.2, 0.25) is 0 Å². The minimum atomic E-state index is -0.298. The van der Waals surface area contributed by atoms with Crippen LogP contribution in [0.25, 0.3) is 0 Å². The lowest BCUT2D eigenvalue weighted by atomic mass is 10.2. The van der Waals surface area contributed by atoms with Crippen molar-refractivity contribution in [1.29, 1.82) is 0 Å². The molecule has 7 nitrogen and oxygen atoms in total. The zero-order valence-electron chi connectivity index (χ0n) is 15.9. The van der Waals surface area contributed by atoms with Crippen LogP contribution < -0.4 is 20.1 Å². The summed E-state index contributed by atoms with van der Waals surface area (Å²) in [6, 6.07) is 5.47. The molecule has 0 atom stereocenters. The second kappa shape index (κ2) is 10.9. The van der Waals surface area contributed by atoms with Crippen molar-refractivity contribution < 1.29 is 19.1 Å². The second-order valence-electron chi connectivity index (χ2n) is 5.80. The van der Waals surface area contributed by atoms with E-state index in [0.717, 1.165) is 5.56 Å². The van der Waals surface area contributed by atoms with Gasteiger partial charge in [0.25, 0.3) is 5.91 Å². The molecule has 2 rings (SSSR count). The molecule has 1 aromatic carbocycles. The van der Waals surface area contributed by atoms with Gasteiger partial charge in [0.2, 0.25) is 5.91 Å². The Balaban J connectivity index is 1.88. The third kappa shape index (κ3) is 5.99. The van der Waals surface area contributed by atoms with Gasteiger partial charge in [-0.3, -0.25) is 9.59 Å². The van der Waals surface area contributed by atoms with E-state index in [2.05, 4.69) is 21.5 Å². The monoisotopic (exact) mass is 401 g/mol. The maximum Gasteiger partial charge on any atom is 0.271 e. The number of nitrogens with zero attached hydrogens (tertiary/aromatic N) is 1. The zero-order valence-corrected chi connectivity index (χ0v) is 16.7. The predicted molar refractivity (Wildman–Crippen MR) is 107 cm³/mol. The Hall–Kier alpha value is -3.05. The minimum absolute atomic E-state index is 0.0819. The topological polar surface area (TPSA) is 89.6 Å². The van der Waals surface area contributed by atoms with Crippen LogP contribution in [0.3, 0.4) is 0 Å².